The molecule has 1 saturated heterocycles. The summed E-state index contributed by atoms with van der Waals surface area (Å²) in [7, 11) is 0. The van der Waals surface area contributed by atoms with Crippen molar-refractivity contribution in [3.63, 3.8) is 0 Å². The lowest BCUT2D eigenvalue weighted by molar-refractivity contribution is 0.132. The van der Waals surface area contributed by atoms with Crippen molar-refractivity contribution in [2.45, 2.75) is 50.1 Å². The van der Waals surface area contributed by atoms with Crippen molar-refractivity contribution >= 4 is 0 Å². The SMILES string of the molecule is c1c2c(cc3c1OCO3)[C@@]13CCCC[C@@H]1N(CC3)C2. The van der Waals surface area contributed by atoms with E-state index in [2.05, 4.69) is 17.0 Å². The molecule has 3 aliphatic heterocycles. The van der Waals surface area contributed by atoms with Gasteiger partial charge >= 0.3 is 0 Å². The van der Waals surface area contributed by atoms with Gasteiger partial charge in [-0.2, -0.15) is 0 Å². The van der Waals surface area contributed by atoms with Crippen molar-refractivity contribution in [1.82, 2.24) is 4.90 Å². The molecule has 0 aromatic heterocycles. The Morgan fingerprint density at radius 3 is 2.95 bits per heavy atom. The van der Waals surface area contributed by atoms with E-state index in [1.54, 1.807) is 5.56 Å². The summed E-state index contributed by atoms with van der Waals surface area (Å²) in [6.45, 7) is 2.77. The molecule has 0 radical (unpaired) electrons. The standard InChI is InChI=1S/C16H19NO2/c1-2-4-16-5-6-17(15(16)3-1)9-11-7-13-14(8-12(11)16)19-10-18-13/h7-8,15H,1-6,9-10H2/t15-,16-/m0/s1. The molecule has 1 aliphatic carbocycles. The van der Waals surface area contributed by atoms with Crippen LogP contribution in [0.5, 0.6) is 11.5 Å². The Kier molecular flexibility index (Phi) is 1.92. The molecule has 0 N–H and O–H groups in total. The number of hydrogen-bond donors (Lipinski definition) is 0. The molecule has 0 amide bonds. The van der Waals surface area contributed by atoms with Gasteiger partial charge in [-0.25, -0.2) is 0 Å². The number of rotatable bonds is 0. The molecule has 3 heteroatoms. The largest absolute Gasteiger partial charge is 0.454 e. The molecule has 5 rings (SSSR count). The van der Waals surface area contributed by atoms with Crippen LogP contribution in [0.15, 0.2) is 12.1 Å². The van der Waals surface area contributed by atoms with Crippen LogP contribution >= 0.6 is 0 Å². The topological polar surface area (TPSA) is 21.7 Å². The maximum Gasteiger partial charge on any atom is 0.231 e. The van der Waals surface area contributed by atoms with E-state index < -0.39 is 0 Å². The van der Waals surface area contributed by atoms with Gasteiger partial charge in [0.25, 0.3) is 0 Å². The number of ether oxygens (including phenoxy) is 2. The first-order chi connectivity index (χ1) is 9.37. The number of nitrogens with zero attached hydrogens (tertiary/aromatic N) is 1. The Morgan fingerprint density at radius 2 is 2.00 bits per heavy atom. The summed E-state index contributed by atoms with van der Waals surface area (Å²) in [5, 5.41) is 0. The number of hydrogen-bond acceptors (Lipinski definition) is 3. The highest BCUT2D eigenvalue weighted by Gasteiger charge is 2.53. The Labute approximate surface area is 113 Å². The zero-order valence-electron chi connectivity index (χ0n) is 11.2. The Balaban J connectivity index is 1.72. The van der Waals surface area contributed by atoms with Crippen LogP contribution in [0.25, 0.3) is 0 Å². The molecule has 3 heterocycles. The van der Waals surface area contributed by atoms with Crippen LogP contribution in [0.2, 0.25) is 0 Å². The van der Waals surface area contributed by atoms with E-state index in [1.807, 2.05) is 0 Å². The summed E-state index contributed by atoms with van der Waals surface area (Å²) < 4.78 is 11.2. The summed E-state index contributed by atoms with van der Waals surface area (Å²) >= 11 is 0. The second-order valence-corrected chi connectivity index (χ2v) is 6.50. The van der Waals surface area contributed by atoms with Crippen molar-refractivity contribution in [3.05, 3.63) is 23.3 Å². The van der Waals surface area contributed by atoms with E-state index in [1.165, 1.54) is 44.2 Å². The minimum absolute atomic E-state index is 0.387. The maximum atomic E-state index is 5.61. The monoisotopic (exact) mass is 257 g/mol. The third-order valence-electron chi connectivity index (χ3n) is 5.78. The van der Waals surface area contributed by atoms with Crippen molar-refractivity contribution in [1.29, 1.82) is 0 Å². The molecule has 1 aromatic carbocycles. The summed E-state index contributed by atoms with van der Waals surface area (Å²) in [6.07, 6.45) is 6.88. The van der Waals surface area contributed by atoms with Gasteiger partial charge in [0, 0.05) is 18.0 Å². The van der Waals surface area contributed by atoms with Gasteiger partial charge in [-0.3, -0.25) is 4.90 Å². The molecule has 1 aromatic rings. The predicted octanol–water partition coefficient (Wildman–Crippen LogP) is 2.82. The number of fused-ring (bicyclic) bond motifs is 2. The normalized spacial score (nSPS) is 37.9. The lowest BCUT2D eigenvalue weighted by Gasteiger charge is -2.47. The van der Waals surface area contributed by atoms with E-state index in [-0.39, 0.29) is 0 Å². The van der Waals surface area contributed by atoms with Crippen molar-refractivity contribution in [2.75, 3.05) is 13.3 Å². The lowest BCUT2D eigenvalue weighted by atomic mass is 9.63. The first-order valence-electron chi connectivity index (χ1n) is 7.54. The minimum atomic E-state index is 0.387. The molecule has 0 spiro atoms. The molecule has 1 unspecified atom stereocenters. The van der Waals surface area contributed by atoms with Crippen molar-refractivity contribution < 1.29 is 9.47 Å². The van der Waals surface area contributed by atoms with Gasteiger partial charge < -0.3 is 9.47 Å². The van der Waals surface area contributed by atoms with Crippen LogP contribution in [0, 0.1) is 0 Å². The molecule has 3 atom stereocenters. The highest BCUT2D eigenvalue weighted by atomic mass is 16.7. The zero-order valence-corrected chi connectivity index (χ0v) is 11.2. The van der Waals surface area contributed by atoms with E-state index in [9.17, 15) is 0 Å². The first kappa shape index (κ1) is 10.6. The third-order valence-corrected chi connectivity index (χ3v) is 5.78. The highest BCUT2D eigenvalue weighted by Crippen LogP contribution is 2.55. The fourth-order valence-corrected chi connectivity index (χ4v) is 4.98. The number of benzene rings is 1. The molecule has 2 fully saturated rings. The van der Waals surface area contributed by atoms with Crippen molar-refractivity contribution in [2.24, 2.45) is 0 Å². The van der Waals surface area contributed by atoms with Gasteiger partial charge in [-0.05, 0) is 49.1 Å². The zero-order chi connectivity index (χ0) is 12.4. The second-order valence-electron chi connectivity index (χ2n) is 6.50. The molecule has 1 saturated carbocycles. The predicted molar refractivity (Wildman–Crippen MR) is 71.5 cm³/mol. The van der Waals surface area contributed by atoms with Gasteiger partial charge in [0.05, 0.1) is 0 Å². The van der Waals surface area contributed by atoms with Gasteiger partial charge in [-0.1, -0.05) is 12.8 Å². The van der Waals surface area contributed by atoms with E-state index >= 15 is 0 Å². The second kappa shape index (κ2) is 3.45. The molecule has 100 valence electrons. The van der Waals surface area contributed by atoms with Crippen LogP contribution in [0.1, 0.15) is 43.2 Å². The Morgan fingerprint density at radius 1 is 1.11 bits per heavy atom. The smallest absolute Gasteiger partial charge is 0.231 e. The average molecular weight is 257 g/mol. The summed E-state index contributed by atoms with van der Waals surface area (Å²) in [6, 6.07) is 5.33. The van der Waals surface area contributed by atoms with Crippen molar-refractivity contribution in [3.8, 4) is 11.5 Å². The summed E-state index contributed by atoms with van der Waals surface area (Å²) in [5.74, 6) is 1.92. The molecule has 19 heavy (non-hydrogen) atoms. The van der Waals surface area contributed by atoms with E-state index in [0.717, 1.165) is 24.1 Å². The Bertz CT molecular complexity index is 556. The molecular formula is C16H19NO2. The maximum absolute atomic E-state index is 5.61. The average Bonchev–Trinajstić information content (AvgIpc) is 3.00. The van der Waals surface area contributed by atoms with Crippen LogP contribution in [-0.4, -0.2) is 24.3 Å². The van der Waals surface area contributed by atoms with E-state index in [4.69, 9.17) is 9.47 Å². The minimum Gasteiger partial charge on any atom is -0.454 e. The quantitative estimate of drug-likeness (QED) is 0.713. The first-order valence-corrected chi connectivity index (χ1v) is 7.54. The molecule has 3 nitrogen and oxygen atoms in total. The Hall–Kier alpha value is -1.22. The van der Waals surface area contributed by atoms with Gasteiger partial charge in [0.2, 0.25) is 6.79 Å². The van der Waals surface area contributed by atoms with Gasteiger partial charge in [-0.15, -0.1) is 0 Å². The molecule has 4 aliphatic rings. The van der Waals surface area contributed by atoms with Crippen LogP contribution < -0.4 is 9.47 Å². The summed E-state index contributed by atoms with van der Waals surface area (Å²) in [4.78, 5) is 2.71. The third kappa shape index (κ3) is 1.22. The van der Waals surface area contributed by atoms with Crippen LogP contribution in [0.3, 0.4) is 0 Å². The highest BCUT2D eigenvalue weighted by molar-refractivity contribution is 5.53. The van der Waals surface area contributed by atoms with E-state index in [0.29, 0.717) is 12.2 Å². The van der Waals surface area contributed by atoms with Crippen LogP contribution in [-0.2, 0) is 12.0 Å². The van der Waals surface area contributed by atoms with Gasteiger partial charge in [0.15, 0.2) is 11.5 Å². The summed E-state index contributed by atoms with van der Waals surface area (Å²) in [5.41, 5.74) is 3.49. The van der Waals surface area contributed by atoms with Gasteiger partial charge in [0.1, 0.15) is 0 Å². The molecular weight excluding hydrogens is 238 g/mol. The fourth-order valence-electron chi connectivity index (χ4n) is 4.98. The fraction of sp³-hybridized carbons (Fsp3) is 0.625. The molecule has 2 bridgehead atoms. The lowest BCUT2D eigenvalue weighted by Crippen LogP contribution is -2.48. The van der Waals surface area contributed by atoms with Crippen LogP contribution in [0.4, 0.5) is 0 Å².